The van der Waals surface area contributed by atoms with Crippen molar-refractivity contribution in [3.8, 4) is 0 Å². The third-order valence-corrected chi connectivity index (χ3v) is 5.56. The minimum atomic E-state index is -0.338. The van der Waals surface area contributed by atoms with E-state index in [9.17, 15) is 14.4 Å². The van der Waals surface area contributed by atoms with Crippen LogP contribution in [0.3, 0.4) is 0 Å². The van der Waals surface area contributed by atoms with E-state index in [1.54, 1.807) is 47.4 Å². The first-order valence-corrected chi connectivity index (χ1v) is 10.7. The van der Waals surface area contributed by atoms with Crippen molar-refractivity contribution < 1.29 is 14.4 Å². The molecule has 4 rings (SSSR count). The number of amides is 3. The Morgan fingerprint density at radius 3 is 2.41 bits per heavy atom. The molecule has 0 spiro atoms. The maximum atomic E-state index is 12.9. The van der Waals surface area contributed by atoms with Gasteiger partial charge in [0.1, 0.15) is 0 Å². The third kappa shape index (κ3) is 4.70. The van der Waals surface area contributed by atoms with Gasteiger partial charge in [0.05, 0.1) is 17.3 Å². The summed E-state index contributed by atoms with van der Waals surface area (Å²) in [6, 6.07) is 23.4. The first kappa shape index (κ1) is 21.3. The van der Waals surface area contributed by atoms with Crippen LogP contribution >= 0.6 is 0 Å². The molecule has 0 radical (unpaired) electrons. The summed E-state index contributed by atoms with van der Waals surface area (Å²) in [6.07, 6.45) is 1.35. The second kappa shape index (κ2) is 9.47. The van der Waals surface area contributed by atoms with Gasteiger partial charge in [-0.3, -0.25) is 14.4 Å². The number of benzene rings is 3. The smallest absolute Gasteiger partial charge is 0.255 e. The van der Waals surface area contributed by atoms with Gasteiger partial charge in [-0.2, -0.15) is 0 Å². The van der Waals surface area contributed by atoms with Crippen LogP contribution in [0.5, 0.6) is 0 Å². The van der Waals surface area contributed by atoms with Gasteiger partial charge >= 0.3 is 0 Å². The van der Waals surface area contributed by atoms with Gasteiger partial charge in [-0.15, -0.1) is 0 Å². The SMILES string of the molecule is C[C@@H](NC(=O)c1ccccc1NC(=O)c1cccc(N2CCCC2=O)c1)c1ccccc1. The number of nitrogens with zero attached hydrogens (tertiary/aromatic N) is 1. The first-order chi connectivity index (χ1) is 15.5. The summed E-state index contributed by atoms with van der Waals surface area (Å²) in [5.74, 6) is -0.541. The highest BCUT2D eigenvalue weighted by atomic mass is 16.2. The molecule has 6 heteroatoms. The molecule has 3 aromatic carbocycles. The summed E-state index contributed by atoms with van der Waals surface area (Å²) >= 11 is 0. The van der Waals surface area contributed by atoms with Crippen molar-refractivity contribution >= 4 is 29.1 Å². The van der Waals surface area contributed by atoms with Gasteiger partial charge in [0.15, 0.2) is 0 Å². The highest BCUT2D eigenvalue weighted by Crippen LogP contribution is 2.24. The van der Waals surface area contributed by atoms with Gasteiger partial charge in [-0.1, -0.05) is 48.5 Å². The molecule has 32 heavy (non-hydrogen) atoms. The zero-order valence-electron chi connectivity index (χ0n) is 17.9. The van der Waals surface area contributed by atoms with Crippen molar-refractivity contribution in [2.45, 2.75) is 25.8 Å². The molecule has 162 valence electrons. The fourth-order valence-electron chi connectivity index (χ4n) is 3.82. The molecule has 0 aromatic heterocycles. The van der Waals surface area contributed by atoms with Crippen LogP contribution in [0.2, 0.25) is 0 Å². The lowest BCUT2D eigenvalue weighted by molar-refractivity contribution is -0.117. The highest BCUT2D eigenvalue weighted by molar-refractivity contribution is 6.09. The fourth-order valence-corrected chi connectivity index (χ4v) is 3.82. The number of para-hydroxylation sites is 1. The van der Waals surface area contributed by atoms with E-state index in [2.05, 4.69) is 10.6 Å². The molecule has 0 bridgehead atoms. The Balaban J connectivity index is 1.50. The highest BCUT2D eigenvalue weighted by Gasteiger charge is 2.22. The molecule has 2 N–H and O–H groups in total. The third-order valence-electron chi connectivity index (χ3n) is 5.56. The normalized spacial score (nSPS) is 14.2. The Morgan fingerprint density at radius 1 is 0.906 bits per heavy atom. The summed E-state index contributed by atoms with van der Waals surface area (Å²) in [5, 5.41) is 5.83. The molecule has 1 saturated heterocycles. The Bertz CT molecular complexity index is 1140. The van der Waals surface area contributed by atoms with Gasteiger partial charge in [0.2, 0.25) is 5.91 Å². The molecule has 0 unspecified atom stereocenters. The molecule has 0 saturated carbocycles. The molecular weight excluding hydrogens is 402 g/mol. The van der Waals surface area contributed by atoms with Crippen LogP contribution in [0.25, 0.3) is 0 Å². The van der Waals surface area contributed by atoms with Crippen LogP contribution in [0, 0.1) is 0 Å². The van der Waals surface area contributed by atoms with Gasteiger partial charge < -0.3 is 15.5 Å². The van der Waals surface area contributed by atoms with Crippen molar-refractivity contribution in [2.75, 3.05) is 16.8 Å². The van der Waals surface area contributed by atoms with E-state index in [-0.39, 0.29) is 23.8 Å². The summed E-state index contributed by atoms with van der Waals surface area (Å²) < 4.78 is 0. The molecule has 1 aliphatic rings. The van der Waals surface area contributed by atoms with E-state index >= 15 is 0 Å². The van der Waals surface area contributed by atoms with E-state index in [1.165, 1.54) is 0 Å². The summed E-state index contributed by atoms with van der Waals surface area (Å²) in [5.41, 5.74) is 2.95. The summed E-state index contributed by atoms with van der Waals surface area (Å²) in [7, 11) is 0. The minimum absolute atomic E-state index is 0.0668. The average Bonchev–Trinajstić information content (AvgIpc) is 3.26. The number of hydrogen-bond donors (Lipinski definition) is 2. The van der Waals surface area contributed by atoms with Crippen LogP contribution in [0.4, 0.5) is 11.4 Å². The second-order valence-electron chi connectivity index (χ2n) is 7.80. The average molecular weight is 428 g/mol. The lowest BCUT2D eigenvalue weighted by Gasteiger charge is -2.18. The lowest BCUT2D eigenvalue weighted by atomic mass is 10.1. The number of hydrogen-bond acceptors (Lipinski definition) is 3. The first-order valence-electron chi connectivity index (χ1n) is 10.7. The van der Waals surface area contributed by atoms with Gasteiger partial charge in [0, 0.05) is 24.2 Å². The van der Waals surface area contributed by atoms with E-state index in [4.69, 9.17) is 0 Å². The van der Waals surface area contributed by atoms with E-state index in [0.29, 0.717) is 35.5 Å². The molecule has 1 fully saturated rings. The number of anilines is 2. The predicted octanol–water partition coefficient (Wildman–Crippen LogP) is 4.56. The van der Waals surface area contributed by atoms with Crippen molar-refractivity contribution in [1.82, 2.24) is 5.32 Å². The molecular formula is C26H25N3O3. The van der Waals surface area contributed by atoms with Crippen molar-refractivity contribution in [2.24, 2.45) is 0 Å². The molecule has 6 nitrogen and oxygen atoms in total. The maximum Gasteiger partial charge on any atom is 0.255 e. The molecule has 0 aliphatic carbocycles. The number of carbonyl (C=O) groups excluding carboxylic acids is 3. The van der Waals surface area contributed by atoms with Gasteiger partial charge in [-0.05, 0) is 49.2 Å². The molecule has 3 aromatic rings. The Kier molecular flexibility index (Phi) is 6.31. The van der Waals surface area contributed by atoms with Crippen molar-refractivity contribution in [3.63, 3.8) is 0 Å². The van der Waals surface area contributed by atoms with E-state index in [0.717, 1.165) is 12.0 Å². The molecule has 1 aliphatic heterocycles. The van der Waals surface area contributed by atoms with Crippen LogP contribution in [0.1, 0.15) is 52.1 Å². The Hall–Kier alpha value is -3.93. The molecule has 3 amide bonds. The largest absolute Gasteiger partial charge is 0.345 e. The van der Waals surface area contributed by atoms with Crippen LogP contribution in [0.15, 0.2) is 78.9 Å². The predicted molar refractivity (Wildman–Crippen MR) is 125 cm³/mol. The standard InChI is InChI=1S/C26H25N3O3/c1-18(19-9-3-2-4-10-19)27-26(32)22-13-5-6-14-23(22)28-25(31)20-11-7-12-21(17-20)29-16-8-15-24(29)30/h2-7,9-14,17-18H,8,15-16H2,1H3,(H,27,32)(H,28,31)/t18-/m1/s1. The second-order valence-corrected chi connectivity index (χ2v) is 7.80. The monoisotopic (exact) mass is 427 g/mol. The van der Waals surface area contributed by atoms with Crippen molar-refractivity contribution in [1.29, 1.82) is 0 Å². The molecule has 1 heterocycles. The minimum Gasteiger partial charge on any atom is -0.345 e. The van der Waals surface area contributed by atoms with E-state index in [1.807, 2.05) is 43.3 Å². The van der Waals surface area contributed by atoms with Crippen LogP contribution < -0.4 is 15.5 Å². The zero-order valence-corrected chi connectivity index (χ0v) is 17.9. The number of nitrogens with one attached hydrogen (secondary N) is 2. The van der Waals surface area contributed by atoms with E-state index < -0.39 is 0 Å². The maximum absolute atomic E-state index is 12.9. The summed E-state index contributed by atoms with van der Waals surface area (Å²) in [4.78, 5) is 39.6. The Morgan fingerprint density at radius 2 is 1.66 bits per heavy atom. The Labute approximate surface area is 187 Å². The quantitative estimate of drug-likeness (QED) is 0.605. The lowest BCUT2D eigenvalue weighted by Crippen LogP contribution is -2.28. The van der Waals surface area contributed by atoms with Crippen molar-refractivity contribution in [3.05, 3.63) is 95.6 Å². The van der Waals surface area contributed by atoms with Crippen LogP contribution in [-0.4, -0.2) is 24.3 Å². The number of carbonyl (C=O) groups is 3. The summed E-state index contributed by atoms with van der Waals surface area (Å²) in [6.45, 7) is 2.58. The number of rotatable bonds is 6. The van der Waals surface area contributed by atoms with Gasteiger partial charge in [-0.25, -0.2) is 0 Å². The van der Waals surface area contributed by atoms with Crippen LogP contribution in [-0.2, 0) is 4.79 Å². The topological polar surface area (TPSA) is 78.5 Å². The molecule has 1 atom stereocenters. The zero-order chi connectivity index (χ0) is 22.5. The van der Waals surface area contributed by atoms with Gasteiger partial charge in [0.25, 0.3) is 11.8 Å². The fraction of sp³-hybridized carbons (Fsp3) is 0.192.